The Kier molecular flexibility index (Phi) is 7.62. The van der Waals surface area contributed by atoms with E-state index in [0.29, 0.717) is 18.7 Å². The van der Waals surface area contributed by atoms with Gasteiger partial charge in [-0.25, -0.2) is 0 Å². The van der Waals surface area contributed by atoms with E-state index in [-0.39, 0.29) is 11.8 Å². The van der Waals surface area contributed by atoms with Gasteiger partial charge in [-0.15, -0.1) is 11.8 Å². The van der Waals surface area contributed by atoms with Crippen LogP contribution in [0.15, 0.2) is 4.52 Å². The van der Waals surface area contributed by atoms with Crippen LogP contribution in [0.3, 0.4) is 0 Å². The normalized spacial score (nSPS) is 15.4. The number of hydrogen-bond acceptors (Lipinski definition) is 5. The second kappa shape index (κ2) is 9.71. The van der Waals surface area contributed by atoms with Crippen molar-refractivity contribution in [1.82, 2.24) is 15.4 Å². The second-order valence-electron chi connectivity index (χ2n) is 6.19. The van der Waals surface area contributed by atoms with Crippen LogP contribution in [0.4, 0.5) is 0 Å². The van der Waals surface area contributed by atoms with Crippen LogP contribution in [-0.4, -0.2) is 47.3 Å². The minimum Gasteiger partial charge on any atom is -0.361 e. The van der Waals surface area contributed by atoms with Crippen molar-refractivity contribution in [3.63, 3.8) is 0 Å². The fourth-order valence-corrected chi connectivity index (χ4v) is 3.78. The van der Waals surface area contributed by atoms with E-state index in [1.165, 1.54) is 0 Å². The largest absolute Gasteiger partial charge is 0.361 e. The van der Waals surface area contributed by atoms with Crippen LogP contribution in [0.25, 0.3) is 0 Å². The summed E-state index contributed by atoms with van der Waals surface area (Å²) in [6.45, 7) is 6.02. The van der Waals surface area contributed by atoms with Crippen molar-refractivity contribution < 1.29 is 14.1 Å². The van der Waals surface area contributed by atoms with Crippen molar-refractivity contribution >= 4 is 23.6 Å². The summed E-state index contributed by atoms with van der Waals surface area (Å²) in [5, 5.41) is 6.84. The maximum atomic E-state index is 11.9. The molecule has 1 aliphatic heterocycles. The lowest BCUT2D eigenvalue weighted by Gasteiger charge is -2.20. The van der Waals surface area contributed by atoms with Gasteiger partial charge in [-0.1, -0.05) is 11.6 Å². The van der Waals surface area contributed by atoms with Gasteiger partial charge in [0.15, 0.2) is 0 Å². The van der Waals surface area contributed by atoms with Crippen LogP contribution in [0.1, 0.15) is 49.1 Å². The number of amides is 2. The van der Waals surface area contributed by atoms with Crippen molar-refractivity contribution in [2.75, 3.05) is 25.4 Å². The summed E-state index contributed by atoms with van der Waals surface area (Å²) >= 11 is 1.56. The molecule has 0 bridgehead atoms. The lowest BCUT2D eigenvalue weighted by atomic mass is 10.2. The average Bonchev–Trinajstić information content (AvgIpc) is 2.75. The maximum Gasteiger partial charge on any atom is 0.230 e. The zero-order chi connectivity index (χ0) is 17.4. The van der Waals surface area contributed by atoms with Gasteiger partial charge < -0.3 is 14.7 Å². The molecule has 0 spiro atoms. The standard InChI is InChI=1S/C17H27N3O3S/c1-13-15(14(2)23-19-13)11-24-12-16(21)18-8-6-10-20-9-5-3-4-7-17(20)22/h3-12H2,1-2H3,(H,18,21). The Balaban J connectivity index is 1.57. The molecule has 1 aromatic rings. The molecule has 1 N–H and O–H groups in total. The molecule has 0 saturated carbocycles. The van der Waals surface area contributed by atoms with Crippen LogP contribution in [0.2, 0.25) is 0 Å². The first-order valence-electron chi connectivity index (χ1n) is 8.62. The third-order valence-electron chi connectivity index (χ3n) is 4.26. The number of rotatable bonds is 8. The van der Waals surface area contributed by atoms with Gasteiger partial charge in [-0.05, 0) is 33.1 Å². The molecule has 1 saturated heterocycles. The molecule has 2 amide bonds. The highest BCUT2D eigenvalue weighted by atomic mass is 32.2. The summed E-state index contributed by atoms with van der Waals surface area (Å²) in [7, 11) is 0. The van der Waals surface area contributed by atoms with E-state index in [2.05, 4.69) is 10.5 Å². The molecule has 24 heavy (non-hydrogen) atoms. The van der Waals surface area contributed by atoms with Crippen LogP contribution in [0.5, 0.6) is 0 Å². The first kappa shape index (κ1) is 18.8. The quantitative estimate of drug-likeness (QED) is 0.727. The van der Waals surface area contributed by atoms with Crippen LogP contribution in [0, 0.1) is 13.8 Å². The molecular weight excluding hydrogens is 326 g/mol. The van der Waals surface area contributed by atoms with Crippen molar-refractivity contribution in [3.8, 4) is 0 Å². The van der Waals surface area contributed by atoms with E-state index in [9.17, 15) is 9.59 Å². The average molecular weight is 353 g/mol. The molecule has 7 heteroatoms. The molecule has 2 rings (SSSR count). The van der Waals surface area contributed by atoms with E-state index < -0.39 is 0 Å². The van der Waals surface area contributed by atoms with Crippen molar-refractivity contribution in [2.45, 2.75) is 51.7 Å². The number of hydrogen-bond donors (Lipinski definition) is 1. The topological polar surface area (TPSA) is 75.4 Å². The van der Waals surface area contributed by atoms with Crippen molar-refractivity contribution in [2.24, 2.45) is 0 Å². The second-order valence-corrected chi connectivity index (χ2v) is 7.18. The minimum atomic E-state index is 0.0361. The first-order valence-corrected chi connectivity index (χ1v) is 9.77. The van der Waals surface area contributed by atoms with Crippen molar-refractivity contribution in [1.29, 1.82) is 0 Å². The Morgan fingerprint density at radius 1 is 1.33 bits per heavy atom. The van der Waals surface area contributed by atoms with Gasteiger partial charge in [-0.3, -0.25) is 9.59 Å². The highest BCUT2D eigenvalue weighted by Gasteiger charge is 2.15. The SMILES string of the molecule is Cc1noc(C)c1CSCC(=O)NCCCN1CCCCCC1=O. The Morgan fingerprint density at radius 3 is 2.92 bits per heavy atom. The molecule has 134 valence electrons. The number of aryl methyl sites for hydroxylation is 2. The van der Waals surface area contributed by atoms with Gasteiger partial charge in [0, 0.05) is 37.4 Å². The highest BCUT2D eigenvalue weighted by Crippen LogP contribution is 2.19. The van der Waals surface area contributed by atoms with E-state index in [1.54, 1.807) is 11.8 Å². The van der Waals surface area contributed by atoms with Gasteiger partial charge in [-0.2, -0.15) is 0 Å². The highest BCUT2D eigenvalue weighted by molar-refractivity contribution is 7.99. The number of thioether (sulfide) groups is 1. The maximum absolute atomic E-state index is 11.9. The lowest BCUT2D eigenvalue weighted by molar-refractivity contribution is -0.130. The molecule has 0 aliphatic carbocycles. The zero-order valence-electron chi connectivity index (χ0n) is 14.6. The molecule has 2 heterocycles. The Morgan fingerprint density at radius 2 is 2.17 bits per heavy atom. The van der Waals surface area contributed by atoms with Crippen LogP contribution in [-0.2, 0) is 15.3 Å². The number of nitrogens with one attached hydrogen (secondary N) is 1. The van der Waals surface area contributed by atoms with E-state index in [4.69, 9.17) is 4.52 Å². The predicted octanol–water partition coefficient (Wildman–Crippen LogP) is 2.43. The molecule has 0 unspecified atom stereocenters. The fourth-order valence-electron chi connectivity index (χ4n) is 2.78. The minimum absolute atomic E-state index is 0.0361. The number of carbonyl (C=O) groups is 2. The first-order chi connectivity index (χ1) is 11.6. The van der Waals surface area contributed by atoms with Gasteiger partial charge in [0.1, 0.15) is 5.76 Å². The van der Waals surface area contributed by atoms with Crippen molar-refractivity contribution in [3.05, 3.63) is 17.0 Å². The predicted molar refractivity (Wildman–Crippen MR) is 94.8 cm³/mol. The Bertz CT molecular complexity index is 540. The van der Waals surface area contributed by atoms with Gasteiger partial charge in [0.05, 0.1) is 11.4 Å². The van der Waals surface area contributed by atoms with Gasteiger partial charge in [0.25, 0.3) is 0 Å². The Labute approximate surface area is 147 Å². The number of likely N-dealkylation sites (tertiary alicyclic amines) is 1. The number of nitrogens with zero attached hydrogens (tertiary/aromatic N) is 2. The summed E-state index contributed by atoms with van der Waals surface area (Å²) in [4.78, 5) is 25.7. The smallest absolute Gasteiger partial charge is 0.230 e. The molecule has 6 nitrogen and oxygen atoms in total. The summed E-state index contributed by atoms with van der Waals surface area (Å²) in [5.41, 5.74) is 1.97. The summed E-state index contributed by atoms with van der Waals surface area (Å²) in [6.07, 6.45) is 4.73. The Hall–Kier alpha value is -1.50. The summed E-state index contributed by atoms with van der Waals surface area (Å²) < 4.78 is 5.11. The third-order valence-corrected chi connectivity index (χ3v) is 5.22. The van der Waals surface area contributed by atoms with E-state index in [1.807, 2.05) is 18.7 Å². The fraction of sp³-hybridized carbons (Fsp3) is 0.706. The van der Waals surface area contributed by atoms with Crippen LogP contribution < -0.4 is 5.32 Å². The molecule has 1 aliphatic rings. The molecular formula is C17H27N3O3S. The third kappa shape index (κ3) is 5.85. The number of carbonyl (C=O) groups excluding carboxylic acids is 2. The molecule has 1 fully saturated rings. The molecule has 1 aromatic heterocycles. The molecule has 0 atom stereocenters. The van der Waals surface area contributed by atoms with Crippen LogP contribution >= 0.6 is 11.8 Å². The summed E-state index contributed by atoms with van der Waals surface area (Å²) in [5.74, 6) is 2.27. The monoisotopic (exact) mass is 353 g/mol. The van der Waals surface area contributed by atoms with E-state index >= 15 is 0 Å². The lowest BCUT2D eigenvalue weighted by Crippen LogP contribution is -2.34. The zero-order valence-corrected chi connectivity index (χ0v) is 15.4. The summed E-state index contributed by atoms with van der Waals surface area (Å²) in [6, 6.07) is 0. The van der Waals surface area contributed by atoms with Gasteiger partial charge in [0.2, 0.25) is 11.8 Å². The number of aromatic nitrogens is 1. The van der Waals surface area contributed by atoms with Gasteiger partial charge >= 0.3 is 0 Å². The molecule has 0 aromatic carbocycles. The van der Waals surface area contributed by atoms with E-state index in [0.717, 1.165) is 61.5 Å². The molecule has 0 radical (unpaired) electrons.